The third-order valence-electron chi connectivity index (χ3n) is 0.876. The van der Waals surface area contributed by atoms with Crippen LogP contribution >= 0.6 is 0 Å². The van der Waals surface area contributed by atoms with E-state index < -0.39 is 5.97 Å². The van der Waals surface area contributed by atoms with E-state index >= 15 is 0 Å². The molecular weight excluding hydrogens is 144 g/mol. The number of hydrogen-bond donors (Lipinski definition) is 0. The first-order valence-electron chi connectivity index (χ1n) is 3.10. The van der Waals surface area contributed by atoms with E-state index in [1.807, 2.05) is 0 Å². The van der Waals surface area contributed by atoms with E-state index in [9.17, 15) is 9.59 Å². The summed E-state index contributed by atoms with van der Waals surface area (Å²) in [6.07, 6.45) is 5.53. The Labute approximate surface area is 65.4 Å². The lowest BCUT2D eigenvalue weighted by Gasteiger charge is -1.85. The summed E-state index contributed by atoms with van der Waals surface area (Å²) in [5.41, 5.74) is 0. The fourth-order valence-electron chi connectivity index (χ4n) is 0.393. The summed E-state index contributed by atoms with van der Waals surface area (Å²) >= 11 is 0. The first kappa shape index (κ1) is 9.62. The van der Waals surface area contributed by atoms with Crippen molar-refractivity contribution in [3.63, 3.8) is 0 Å². The number of rotatable bonds is 3. The lowest BCUT2D eigenvalue weighted by molar-refractivity contribution is -0.134. The second-order valence-electron chi connectivity index (χ2n) is 1.85. The number of methoxy groups -OCH3 is 1. The van der Waals surface area contributed by atoms with Crippen molar-refractivity contribution in [3.05, 3.63) is 24.3 Å². The molecule has 0 aromatic rings. The first-order valence-corrected chi connectivity index (χ1v) is 3.10. The summed E-state index contributed by atoms with van der Waals surface area (Å²) in [6, 6.07) is 0. The number of hydrogen-bond acceptors (Lipinski definition) is 3. The molecule has 3 nitrogen and oxygen atoms in total. The Morgan fingerprint density at radius 1 is 1.18 bits per heavy atom. The summed E-state index contributed by atoms with van der Waals surface area (Å²) in [6.45, 7) is 1.43. The Bertz CT molecular complexity index is 201. The molecule has 0 aromatic carbocycles. The molecule has 0 amide bonds. The Balaban J connectivity index is 3.77. The molecule has 3 heteroatoms. The minimum atomic E-state index is -0.432. The van der Waals surface area contributed by atoms with Gasteiger partial charge in [-0.3, -0.25) is 4.79 Å². The van der Waals surface area contributed by atoms with Gasteiger partial charge in [0.15, 0.2) is 5.78 Å². The van der Waals surface area contributed by atoms with Crippen molar-refractivity contribution in [1.29, 1.82) is 0 Å². The van der Waals surface area contributed by atoms with Gasteiger partial charge in [0, 0.05) is 6.08 Å². The van der Waals surface area contributed by atoms with Gasteiger partial charge in [-0.2, -0.15) is 0 Å². The van der Waals surface area contributed by atoms with Crippen LogP contribution in [-0.2, 0) is 14.3 Å². The number of ketones is 1. The zero-order chi connectivity index (χ0) is 8.69. The molecule has 0 saturated carbocycles. The molecule has 0 radical (unpaired) electrons. The lowest BCUT2D eigenvalue weighted by atomic mass is 10.3. The molecule has 0 atom stereocenters. The third kappa shape index (κ3) is 6.51. The number of ether oxygens (including phenoxy) is 1. The third-order valence-corrected chi connectivity index (χ3v) is 0.876. The second kappa shape index (κ2) is 5.41. The average Bonchev–Trinajstić information content (AvgIpc) is 1.97. The Kier molecular flexibility index (Phi) is 4.73. The van der Waals surface area contributed by atoms with Crippen molar-refractivity contribution in [2.45, 2.75) is 6.92 Å². The number of allylic oxidation sites excluding steroid dienone is 3. The van der Waals surface area contributed by atoms with Gasteiger partial charge in [0.25, 0.3) is 0 Å². The summed E-state index contributed by atoms with van der Waals surface area (Å²) in [5.74, 6) is -0.488. The lowest BCUT2D eigenvalue weighted by Crippen LogP contribution is -1.92. The van der Waals surface area contributed by atoms with Gasteiger partial charge < -0.3 is 4.74 Å². The topological polar surface area (TPSA) is 43.4 Å². The molecule has 0 rings (SSSR count). The molecule has 11 heavy (non-hydrogen) atoms. The molecule has 0 aliphatic carbocycles. The molecule has 0 saturated heterocycles. The zero-order valence-electron chi connectivity index (χ0n) is 6.53. The predicted octanol–water partition coefficient (Wildman–Crippen LogP) is 0.861. The molecule has 0 N–H and O–H groups in total. The molecule has 0 aliphatic rings. The largest absolute Gasteiger partial charge is 0.466 e. The maximum atomic E-state index is 10.4. The van der Waals surface area contributed by atoms with Crippen LogP contribution in [0.3, 0.4) is 0 Å². The maximum Gasteiger partial charge on any atom is 0.330 e. The van der Waals surface area contributed by atoms with E-state index in [4.69, 9.17) is 0 Å². The van der Waals surface area contributed by atoms with Crippen molar-refractivity contribution in [1.82, 2.24) is 0 Å². The molecule has 0 spiro atoms. The van der Waals surface area contributed by atoms with Crippen molar-refractivity contribution >= 4 is 11.8 Å². The average molecular weight is 154 g/mol. The zero-order valence-corrected chi connectivity index (χ0v) is 6.53. The standard InChI is InChI=1S/C8H10O3/c1-7(9)5-3-4-6-8(10)11-2/h3-6H,1-2H3/b5-3-,6-4+. The monoisotopic (exact) mass is 154 g/mol. The Hall–Kier alpha value is -1.38. The van der Waals surface area contributed by atoms with Crippen LogP contribution in [0.25, 0.3) is 0 Å². The van der Waals surface area contributed by atoms with Crippen LogP contribution in [0.5, 0.6) is 0 Å². The van der Waals surface area contributed by atoms with E-state index in [-0.39, 0.29) is 5.78 Å². The van der Waals surface area contributed by atoms with Crippen molar-refractivity contribution in [2.24, 2.45) is 0 Å². The van der Waals surface area contributed by atoms with Gasteiger partial charge in [-0.1, -0.05) is 12.2 Å². The normalized spacial score (nSPS) is 10.7. The summed E-state index contributed by atoms with van der Waals surface area (Å²) in [5, 5.41) is 0. The van der Waals surface area contributed by atoms with E-state index in [1.54, 1.807) is 0 Å². The van der Waals surface area contributed by atoms with Gasteiger partial charge in [0.05, 0.1) is 7.11 Å². The smallest absolute Gasteiger partial charge is 0.330 e. The second-order valence-corrected chi connectivity index (χ2v) is 1.85. The van der Waals surface area contributed by atoms with Crippen LogP contribution in [0, 0.1) is 0 Å². The van der Waals surface area contributed by atoms with E-state index in [2.05, 4.69) is 4.74 Å². The summed E-state index contributed by atoms with van der Waals surface area (Å²) in [7, 11) is 1.29. The Morgan fingerprint density at radius 3 is 2.18 bits per heavy atom. The number of carbonyl (C=O) groups is 2. The number of carbonyl (C=O) groups excluding carboxylic acids is 2. The maximum absolute atomic E-state index is 10.4. The van der Waals surface area contributed by atoms with Gasteiger partial charge in [0.2, 0.25) is 0 Å². The van der Waals surface area contributed by atoms with Crippen molar-refractivity contribution in [3.8, 4) is 0 Å². The van der Waals surface area contributed by atoms with E-state index in [1.165, 1.54) is 38.3 Å². The predicted molar refractivity (Wildman–Crippen MR) is 41.0 cm³/mol. The van der Waals surface area contributed by atoms with Crippen LogP contribution < -0.4 is 0 Å². The van der Waals surface area contributed by atoms with Gasteiger partial charge >= 0.3 is 5.97 Å². The van der Waals surface area contributed by atoms with E-state index in [0.717, 1.165) is 0 Å². The van der Waals surface area contributed by atoms with Crippen molar-refractivity contribution in [2.75, 3.05) is 7.11 Å². The van der Waals surface area contributed by atoms with Crippen LogP contribution in [-0.4, -0.2) is 18.9 Å². The molecule has 0 fully saturated rings. The van der Waals surface area contributed by atoms with Crippen LogP contribution in [0.1, 0.15) is 6.92 Å². The summed E-state index contributed by atoms with van der Waals surface area (Å²) < 4.78 is 4.31. The minimum absolute atomic E-state index is 0.0560. The fraction of sp³-hybridized carbons (Fsp3) is 0.250. The highest BCUT2D eigenvalue weighted by Crippen LogP contribution is 1.81. The SMILES string of the molecule is COC(=O)/C=C/C=C\C(C)=O. The van der Waals surface area contributed by atoms with Gasteiger partial charge in [-0.15, -0.1) is 0 Å². The molecule has 60 valence electrons. The van der Waals surface area contributed by atoms with Gasteiger partial charge in [0.1, 0.15) is 0 Å². The highest BCUT2D eigenvalue weighted by molar-refractivity contribution is 5.88. The molecular formula is C8H10O3. The molecule has 0 aliphatic heterocycles. The molecule has 0 unspecified atom stereocenters. The van der Waals surface area contributed by atoms with Crippen LogP contribution in [0.15, 0.2) is 24.3 Å². The molecule has 0 aromatic heterocycles. The first-order chi connectivity index (χ1) is 5.16. The highest BCUT2D eigenvalue weighted by atomic mass is 16.5. The molecule has 0 heterocycles. The van der Waals surface area contributed by atoms with Gasteiger partial charge in [-0.25, -0.2) is 4.79 Å². The quantitative estimate of drug-likeness (QED) is 0.344. The highest BCUT2D eigenvalue weighted by Gasteiger charge is 1.86. The summed E-state index contributed by atoms with van der Waals surface area (Å²) in [4.78, 5) is 20.7. The van der Waals surface area contributed by atoms with E-state index in [0.29, 0.717) is 0 Å². The Morgan fingerprint density at radius 2 is 1.73 bits per heavy atom. The molecule has 0 bridgehead atoms. The minimum Gasteiger partial charge on any atom is -0.466 e. The van der Waals surface area contributed by atoms with Crippen LogP contribution in [0.4, 0.5) is 0 Å². The fourth-order valence-corrected chi connectivity index (χ4v) is 0.393. The van der Waals surface area contributed by atoms with Crippen LogP contribution in [0.2, 0.25) is 0 Å². The number of esters is 1. The van der Waals surface area contributed by atoms with Crippen molar-refractivity contribution < 1.29 is 14.3 Å². The van der Waals surface area contributed by atoms with Gasteiger partial charge in [-0.05, 0) is 13.0 Å².